The molecule has 1 aliphatic rings. The van der Waals surface area contributed by atoms with Crippen molar-refractivity contribution >= 4 is 11.7 Å². The van der Waals surface area contributed by atoms with Gasteiger partial charge in [-0.15, -0.1) is 0 Å². The van der Waals surface area contributed by atoms with Crippen LogP contribution >= 0.6 is 0 Å². The fourth-order valence-corrected chi connectivity index (χ4v) is 3.19. The lowest BCUT2D eigenvalue weighted by atomic mass is 9.91. The van der Waals surface area contributed by atoms with Gasteiger partial charge in [0, 0.05) is 38.0 Å². The predicted octanol–water partition coefficient (Wildman–Crippen LogP) is 3.86. The third-order valence-corrected chi connectivity index (χ3v) is 4.60. The van der Waals surface area contributed by atoms with Crippen molar-refractivity contribution in [3.63, 3.8) is 0 Å². The SMILES string of the molecule is CN(C)c1ccc(-c2cc3c(cc2-c2ccc(F)cc2)C(=O)NC3)cn1. The molecule has 130 valence electrons. The van der Waals surface area contributed by atoms with Gasteiger partial charge in [0.05, 0.1) is 0 Å². The average molecular weight is 347 g/mol. The summed E-state index contributed by atoms with van der Waals surface area (Å²) in [5.74, 6) is 0.511. The Morgan fingerprint density at radius 1 is 0.962 bits per heavy atom. The van der Waals surface area contributed by atoms with E-state index in [0.717, 1.165) is 33.6 Å². The fourth-order valence-electron chi connectivity index (χ4n) is 3.19. The van der Waals surface area contributed by atoms with E-state index in [1.54, 1.807) is 12.1 Å². The van der Waals surface area contributed by atoms with E-state index in [-0.39, 0.29) is 11.7 Å². The summed E-state index contributed by atoms with van der Waals surface area (Å²) in [5, 5.41) is 2.85. The highest BCUT2D eigenvalue weighted by atomic mass is 19.1. The van der Waals surface area contributed by atoms with E-state index in [1.165, 1.54) is 12.1 Å². The maximum atomic E-state index is 13.3. The van der Waals surface area contributed by atoms with E-state index < -0.39 is 0 Å². The molecule has 2 heterocycles. The van der Waals surface area contributed by atoms with Crippen LogP contribution in [0.3, 0.4) is 0 Å². The average Bonchev–Trinajstić information content (AvgIpc) is 3.02. The van der Waals surface area contributed by atoms with Crippen molar-refractivity contribution in [1.29, 1.82) is 0 Å². The number of amides is 1. The minimum Gasteiger partial charge on any atom is -0.363 e. The zero-order valence-electron chi connectivity index (χ0n) is 14.6. The van der Waals surface area contributed by atoms with Crippen molar-refractivity contribution in [2.75, 3.05) is 19.0 Å². The predicted molar refractivity (Wildman–Crippen MR) is 101 cm³/mol. The highest BCUT2D eigenvalue weighted by Crippen LogP contribution is 2.36. The Bertz CT molecular complexity index is 979. The second-order valence-electron chi connectivity index (χ2n) is 6.54. The minimum atomic E-state index is -0.286. The van der Waals surface area contributed by atoms with Gasteiger partial charge in [0.15, 0.2) is 0 Å². The van der Waals surface area contributed by atoms with E-state index in [4.69, 9.17) is 0 Å². The van der Waals surface area contributed by atoms with E-state index in [0.29, 0.717) is 12.1 Å². The van der Waals surface area contributed by atoms with Gasteiger partial charge in [-0.1, -0.05) is 12.1 Å². The van der Waals surface area contributed by atoms with E-state index >= 15 is 0 Å². The normalized spacial score (nSPS) is 12.7. The lowest BCUT2D eigenvalue weighted by Gasteiger charge is -2.15. The number of pyridine rings is 1. The molecular formula is C21H18FN3O. The topological polar surface area (TPSA) is 45.2 Å². The van der Waals surface area contributed by atoms with Crippen molar-refractivity contribution in [2.45, 2.75) is 6.54 Å². The van der Waals surface area contributed by atoms with Crippen LogP contribution in [-0.4, -0.2) is 25.0 Å². The Hall–Kier alpha value is -3.21. The van der Waals surface area contributed by atoms with E-state index in [2.05, 4.69) is 10.3 Å². The smallest absolute Gasteiger partial charge is 0.251 e. The number of aromatic nitrogens is 1. The lowest BCUT2D eigenvalue weighted by Crippen LogP contribution is -2.12. The van der Waals surface area contributed by atoms with E-state index in [1.807, 2.05) is 49.5 Å². The summed E-state index contributed by atoms with van der Waals surface area (Å²) in [6.07, 6.45) is 1.83. The van der Waals surface area contributed by atoms with Gasteiger partial charge < -0.3 is 10.2 Å². The first-order chi connectivity index (χ1) is 12.5. The Balaban J connectivity index is 1.90. The summed E-state index contributed by atoms with van der Waals surface area (Å²) in [5.41, 5.74) is 5.32. The number of rotatable bonds is 3. The van der Waals surface area contributed by atoms with Crippen LogP contribution in [-0.2, 0) is 6.54 Å². The maximum Gasteiger partial charge on any atom is 0.251 e. The second-order valence-corrected chi connectivity index (χ2v) is 6.54. The first-order valence-electron chi connectivity index (χ1n) is 8.38. The largest absolute Gasteiger partial charge is 0.363 e. The molecule has 2 aromatic carbocycles. The van der Waals surface area contributed by atoms with Crippen LogP contribution in [0.4, 0.5) is 10.2 Å². The highest BCUT2D eigenvalue weighted by Gasteiger charge is 2.22. The Labute approximate surface area is 151 Å². The zero-order valence-corrected chi connectivity index (χ0v) is 14.6. The van der Waals surface area contributed by atoms with Crippen LogP contribution in [0.5, 0.6) is 0 Å². The number of nitrogens with one attached hydrogen (secondary N) is 1. The number of hydrogen-bond donors (Lipinski definition) is 1. The fraction of sp³-hybridized carbons (Fsp3) is 0.143. The van der Waals surface area contributed by atoms with Crippen LogP contribution in [0.2, 0.25) is 0 Å². The molecule has 0 saturated heterocycles. The third kappa shape index (κ3) is 2.81. The summed E-state index contributed by atoms with van der Waals surface area (Å²) in [6, 6.07) is 14.2. The molecule has 0 bridgehead atoms. The molecule has 26 heavy (non-hydrogen) atoms. The number of fused-ring (bicyclic) bond motifs is 1. The van der Waals surface area contributed by atoms with E-state index in [9.17, 15) is 9.18 Å². The summed E-state index contributed by atoms with van der Waals surface area (Å²) in [6.45, 7) is 0.522. The highest BCUT2D eigenvalue weighted by molar-refractivity contribution is 6.01. The number of hydrogen-bond acceptors (Lipinski definition) is 3. The number of carbonyl (C=O) groups is 1. The van der Waals surface area contributed by atoms with Gasteiger partial charge in [0.1, 0.15) is 11.6 Å². The molecule has 1 N–H and O–H groups in total. The van der Waals surface area contributed by atoms with Gasteiger partial charge in [0.25, 0.3) is 5.91 Å². The third-order valence-electron chi connectivity index (χ3n) is 4.60. The van der Waals surface area contributed by atoms with Crippen LogP contribution in [0.1, 0.15) is 15.9 Å². The molecule has 0 fully saturated rings. The molecule has 1 amide bonds. The first kappa shape index (κ1) is 16.3. The monoisotopic (exact) mass is 347 g/mol. The molecule has 0 spiro atoms. The van der Waals surface area contributed by atoms with Gasteiger partial charge in [-0.2, -0.15) is 0 Å². The lowest BCUT2D eigenvalue weighted by molar-refractivity contribution is 0.0966. The Morgan fingerprint density at radius 2 is 1.65 bits per heavy atom. The molecule has 0 unspecified atom stereocenters. The molecule has 4 rings (SSSR count). The molecule has 0 aliphatic carbocycles. The van der Waals surface area contributed by atoms with Gasteiger partial charge in [-0.05, 0) is 58.7 Å². The molecule has 4 nitrogen and oxygen atoms in total. The maximum absolute atomic E-state index is 13.3. The summed E-state index contributed by atoms with van der Waals surface area (Å²) >= 11 is 0. The number of carbonyl (C=O) groups excluding carboxylic acids is 1. The number of halogens is 1. The van der Waals surface area contributed by atoms with Gasteiger partial charge in [-0.25, -0.2) is 9.37 Å². The molecule has 1 aliphatic heterocycles. The molecule has 0 atom stereocenters. The van der Waals surface area contributed by atoms with Crippen LogP contribution < -0.4 is 10.2 Å². The first-order valence-corrected chi connectivity index (χ1v) is 8.38. The second kappa shape index (κ2) is 6.26. The molecule has 1 aromatic heterocycles. The molecule has 0 radical (unpaired) electrons. The minimum absolute atomic E-state index is 0.0732. The van der Waals surface area contributed by atoms with Crippen molar-refractivity contribution in [3.8, 4) is 22.3 Å². The van der Waals surface area contributed by atoms with Gasteiger partial charge in [-0.3, -0.25) is 4.79 Å². The number of nitrogens with zero attached hydrogens (tertiary/aromatic N) is 2. The number of anilines is 1. The summed E-state index contributed by atoms with van der Waals surface area (Å²) in [7, 11) is 3.89. The van der Waals surface area contributed by atoms with Crippen LogP contribution in [0.25, 0.3) is 22.3 Å². The van der Waals surface area contributed by atoms with Crippen molar-refractivity contribution in [2.24, 2.45) is 0 Å². The summed E-state index contributed by atoms with van der Waals surface area (Å²) < 4.78 is 13.3. The van der Waals surface area contributed by atoms with Crippen LogP contribution in [0.15, 0.2) is 54.7 Å². The Morgan fingerprint density at radius 3 is 2.31 bits per heavy atom. The quantitative estimate of drug-likeness (QED) is 0.782. The summed E-state index contributed by atoms with van der Waals surface area (Å²) in [4.78, 5) is 18.5. The standard InChI is InChI=1S/C21H18FN3O/c1-25(2)20-8-5-14(11-23-20)17-9-15-12-24-21(26)19(15)10-18(17)13-3-6-16(22)7-4-13/h3-11H,12H2,1-2H3,(H,24,26). The molecule has 5 heteroatoms. The zero-order chi connectivity index (χ0) is 18.3. The molecule has 3 aromatic rings. The molecular weight excluding hydrogens is 329 g/mol. The van der Waals surface area contributed by atoms with Gasteiger partial charge in [0.2, 0.25) is 0 Å². The van der Waals surface area contributed by atoms with Crippen molar-refractivity contribution in [3.05, 3.63) is 71.7 Å². The van der Waals surface area contributed by atoms with Crippen LogP contribution in [0, 0.1) is 5.82 Å². The molecule has 0 saturated carbocycles. The van der Waals surface area contributed by atoms with Crippen molar-refractivity contribution < 1.29 is 9.18 Å². The Kier molecular flexibility index (Phi) is 3.92. The van der Waals surface area contributed by atoms with Crippen molar-refractivity contribution in [1.82, 2.24) is 10.3 Å². The number of benzene rings is 2. The van der Waals surface area contributed by atoms with Gasteiger partial charge >= 0.3 is 0 Å².